The quantitative estimate of drug-likeness (QED) is 0.835. The Labute approximate surface area is 126 Å². The van der Waals surface area contributed by atoms with Crippen molar-refractivity contribution in [1.82, 2.24) is 14.6 Å². The Morgan fingerprint density at radius 1 is 1.40 bits per heavy atom. The van der Waals surface area contributed by atoms with Crippen molar-refractivity contribution >= 4 is 21.6 Å². The summed E-state index contributed by atoms with van der Waals surface area (Å²) in [4.78, 5) is 5.81. The van der Waals surface area contributed by atoms with Gasteiger partial charge in [0.05, 0.1) is 5.02 Å². The van der Waals surface area contributed by atoms with E-state index in [1.54, 1.807) is 0 Å². The lowest BCUT2D eigenvalue weighted by Crippen LogP contribution is -2.42. The summed E-state index contributed by atoms with van der Waals surface area (Å²) in [6.45, 7) is 4.76. The van der Waals surface area contributed by atoms with E-state index < -0.39 is 10.0 Å². The minimum absolute atomic E-state index is 0.0224. The van der Waals surface area contributed by atoms with Gasteiger partial charge in [-0.25, -0.2) is 13.1 Å². The first-order chi connectivity index (χ1) is 9.22. The summed E-state index contributed by atoms with van der Waals surface area (Å²) in [6.07, 6.45) is 3.49. The van der Waals surface area contributed by atoms with Crippen LogP contribution in [0.4, 0.5) is 0 Å². The first-order valence-electron chi connectivity index (χ1n) is 6.49. The molecule has 1 aromatic heterocycles. The molecule has 0 aromatic carbocycles. The van der Waals surface area contributed by atoms with E-state index in [9.17, 15) is 8.42 Å². The molecule has 0 radical (unpaired) electrons. The molecule has 7 heteroatoms. The molecule has 0 fully saturated rings. The van der Waals surface area contributed by atoms with Crippen LogP contribution in [0.25, 0.3) is 0 Å². The molecule has 0 saturated carbocycles. The van der Waals surface area contributed by atoms with Crippen LogP contribution in [0.5, 0.6) is 0 Å². The lowest BCUT2D eigenvalue weighted by molar-refractivity contribution is 0.329. The summed E-state index contributed by atoms with van der Waals surface area (Å²) in [5.41, 5.74) is 0. The summed E-state index contributed by atoms with van der Waals surface area (Å²) >= 11 is 5.93. The molecule has 5 nitrogen and oxygen atoms in total. The van der Waals surface area contributed by atoms with Gasteiger partial charge < -0.3 is 4.90 Å². The number of hydrogen-bond donors (Lipinski definition) is 1. The Morgan fingerprint density at radius 3 is 2.55 bits per heavy atom. The number of hydrogen-bond acceptors (Lipinski definition) is 4. The van der Waals surface area contributed by atoms with Gasteiger partial charge in [-0.2, -0.15) is 0 Å². The van der Waals surface area contributed by atoms with E-state index >= 15 is 0 Å². The van der Waals surface area contributed by atoms with Crippen molar-refractivity contribution in [3.63, 3.8) is 0 Å². The number of aromatic nitrogens is 1. The molecular weight excluding hydrogens is 298 g/mol. The fourth-order valence-corrected chi connectivity index (χ4v) is 3.68. The van der Waals surface area contributed by atoms with Crippen LogP contribution in [0, 0.1) is 5.92 Å². The minimum atomic E-state index is -3.65. The SMILES string of the molecule is CC(C)CC(CN(C)C)NS(=O)(=O)c1cnccc1Cl. The van der Waals surface area contributed by atoms with Crippen molar-refractivity contribution in [3.05, 3.63) is 23.5 Å². The van der Waals surface area contributed by atoms with Crippen LogP contribution in [0.3, 0.4) is 0 Å². The van der Waals surface area contributed by atoms with Crippen LogP contribution in [-0.2, 0) is 10.0 Å². The highest BCUT2D eigenvalue weighted by Crippen LogP contribution is 2.20. The van der Waals surface area contributed by atoms with Crippen LogP contribution in [0.15, 0.2) is 23.4 Å². The van der Waals surface area contributed by atoms with Crippen LogP contribution >= 0.6 is 11.6 Å². The number of nitrogens with zero attached hydrogens (tertiary/aromatic N) is 2. The molecule has 0 aliphatic heterocycles. The summed E-state index contributed by atoms with van der Waals surface area (Å²) in [5, 5.41) is 0.181. The van der Waals surface area contributed by atoms with Gasteiger partial charge in [-0.1, -0.05) is 25.4 Å². The van der Waals surface area contributed by atoms with Gasteiger partial charge in [0.2, 0.25) is 10.0 Å². The van der Waals surface area contributed by atoms with E-state index in [0.29, 0.717) is 12.5 Å². The molecule has 1 aromatic rings. The van der Waals surface area contributed by atoms with Crippen LogP contribution < -0.4 is 4.72 Å². The number of sulfonamides is 1. The second-order valence-corrected chi connectivity index (χ2v) is 7.61. The third-order valence-electron chi connectivity index (χ3n) is 2.69. The molecule has 0 spiro atoms. The average molecular weight is 320 g/mol. The van der Waals surface area contributed by atoms with Gasteiger partial charge >= 0.3 is 0 Å². The normalized spacial score (nSPS) is 13.9. The second-order valence-electron chi connectivity index (χ2n) is 5.52. The lowest BCUT2D eigenvalue weighted by atomic mass is 10.0. The number of pyridine rings is 1. The van der Waals surface area contributed by atoms with Gasteiger partial charge in [-0.3, -0.25) is 4.98 Å². The first kappa shape index (κ1) is 17.4. The highest BCUT2D eigenvalue weighted by molar-refractivity contribution is 7.89. The van der Waals surface area contributed by atoms with Crippen molar-refractivity contribution in [1.29, 1.82) is 0 Å². The third kappa shape index (κ3) is 5.36. The van der Waals surface area contributed by atoms with Crippen molar-refractivity contribution in [2.24, 2.45) is 5.92 Å². The summed E-state index contributed by atoms with van der Waals surface area (Å²) in [7, 11) is 0.178. The van der Waals surface area contributed by atoms with Gasteiger partial charge in [0.1, 0.15) is 4.90 Å². The Morgan fingerprint density at radius 2 is 2.05 bits per heavy atom. The number of rotatable bonds is 7. The zero-order chi connectivity index (χ0) is 15.3. The highest BCUT2D eigenvalue weighted by Gasteiger charge is 2.23. The largest absolute Gasteiger partial charge is 0.308 e. The maximum atomic E-state index is 12.4. The van der Waals surface area contributed by atoms with Gasteiger partial charge in [0.15, 0.2) is 0 Å². The number of halogens is 1. The average Bonchev–Trinajstić information content (AvgIpc) is 2.26. The zero-order valence-electron chi connectivity index (χ0n) is 12.3. The fraction of sp³-hybridized carbons (Fsp3) is 0.615. The fourth-order valence-electron chi connectivity index (χ4n) is 2.01. The monoisotopic (exact) mass is 319 g/mol. The molecule has 0 amide bonds. The van der Waals surface area contributed by atoms with Crippen molar-refractivity contribution in [3.8, 4) is 0 Å². The molecule has 0 bridgehead atoms. The van der Waals surface area contributed by atoms with Gasteiger partial charge in [-0.05, 0) is 32.5 Å². The van der Waals surface area contributed by atoms with E-state index in [4.69, 9.17) is 11.6 Å². The van der Waals surface area contributed by atoms with Gasteiger partial charge in [0.25, 0.3) is 0 Å². The van der Waals surface area contributed by atoms with E-state index in [1.807, 2.05) is 19.0 Å². The summed E-state index contributed by atoms with van der Waals surface area (Å²) in [5.74, 6) is 0.395. The smallest absolute Gasteiger partial charge is 0.243 e. The van der Waals surface area contributed by atoms with E-state index in [-0.39, 0.29) is 16.0 Å². The third-order valence-corrected chi connectivity index (χ3v) is 4.68. The van der Waals surface area contributed by atoms with Crippen LogP contribution in [-0.4, -0.2) is 45.0 Å². The topological polar surface area (TPSA) is 62.3 Å². The van der Waals surface area contributed by atoms with Crippen LogP contribution in [0.1, 0.15) is 20.3 Å². The molecule has 1 atom stereocenters. The summed E-state index contributed by atoms with van der Waals surface area (Å²) < 4.78 is 27.5. The van der Waals surface area contributed by atoms with E-state index in [1.165, 1.54) is 18.5 Å². The maximum absolute atomic E-state index is 12.4. The molecule has 1 rings (SSSR count). The molecule has 20 heavy (non-hydrogen) atoms. The predicted molar refractivity (Wildman–Crippen MR) is 81.4 cm³/mol. The Kier molecular flexibility index (Phi) is 6.39. The molecule has 1 heterocycles. The minimum Gasteiger partial charge on any atom is -0.308 e. The lowest BCUT2D eigenvalue weighted by Gasteiger charge is -2.23. The van der Waals surface area contributed by atoms with Crippen molar-refractivity contribution in [2.45, 2.75) is 31.2 Å². The van der Waals surface area contributed by atoms with Crippen molar-refractivity contribution in [2.75, 3.05) is 20.6 Å². The predicted octanol–water partition coefficient (Wildman–Crippen LogP) is 1.99. The second kappa shape index (κ2) is 7.36. The molecule has 114 valence electrons. The highest BCUT2D eigenvalue weighted by atomic mass is 35.5. The molecule has 0 aliphatic carbocycles. The Bertz CT molecular complexity index is 522. The number of nitrogens with one attached hydrogen (secondary N) is 1. The molecule has 1 N–H and O–H groups in total. The van der Waals surface area contributed by atoms with E-state index in [2.05, 4.69) is 23.6 Å². The standard InChI is InChI=1S/C13H22ClN3O2S/c1-10(2)7-11(9-17(3)4)16-20(18,19)13-8-15-6-5-12(13)14/h5-6,8,10-11,16H,7,9H2,1-4H3. The van der Waals surface area contributed by atoms with Crippen molar-refractivity contribution < 1.29 is 8.42 Å². The first-order valence-corrected chi connectivity index (χ1v) is 8.35. The van der Waals surface area contributed by atoms with Gasteiger partial charge in [0, 0.05) is 25.0 Å². The molecular formula is C13H22ClN3O2S. The summed E-state index contributed by atoms with van der Waals surface area (Å²) in [6, 6.07) is 1.31. The molecule has 1 unspecified atom stereocenters. The molecule has 0 aliphatic rings. The van der Waals surface area contributed by atoms with E-state index in [0.717, 1.165) is 6.42 Å². The zero-order valence-corrected chi connectivity index (χ0v) is 13.9. The van der Waals surface area contributed by atoms with Crippen LogP contribution in [0.2, 0.25) is 5.02 Å². The van der Waals surface area contributed by atoms with Gasteiger partial charge in [-0.15, -0.1) is 0 Å². The Hall–Kier alpha value is -0.690. The maximum Gasteiger partial charge on any atom is 0.243 e. The Balaban J connectivity index is 2.94. The number of likely N-dealkylation sites (N-methyl/N-ethyl adjacent to an activating group) is 1. The molecule has 0 saturated heterocycles.